The van der Waals surface area contributed by atoms with E-state index in [0.29, 0.717) is 24.8 Å². The molecule has 0 amide bonds. The number of hydrogen-bond donors (Lipinski definition) is 2. The Morgan fingerprint density at radius 3 is 2.44 bits per heavy atom. The van der Waals surface area contributed by atoms with E-state index in [-0.39, 0.29) is 17.5 Å². The van der Waals surface area contributed by atoms with Crippen LogP contribution in [0.4, 0.5) is 0 Å². The molecule has 5 nitrogen and oxygen atoms in total. The van der Waals surface area contributed by atoms with E-state index in [1.54, 1.807) is 6.08 Å². The maximum atomic E-state index is 12.9. The summed E-state index contributed by atoms with van der Waals surface area (Å²) in [6.45, 7) is 7.63. The van der Waals surface area contributed by atoms with Crippen molar-refractivity contribution in [3.8, 4) is 5.75 Å². The van der Waals surface area contributed by atoms with Crippen LogP contribution < -0.4 is 0 Å². The van der Waals surface area contributed by atoms with Crippen molar-refractivity contribution in [2.24, 2.45) is 17.3 Å². The molecule has 0 saturated heterocycles. The van der Waals surface area contributed by atoms with Crippen molar-refractivity contribution < 1.29 is 24.5 Å². The molecule has 27 heavy (non-hydrogen) atoms. The van der Waals surface area contributed by atoms with E-state index in [4.69, 9.17) is 4.74 Å². The van der Waals surface area contributed by atoms with Crippen LogP contribution in [0.15, 0.2) is 35.9 Å². The number of carbonyl (C=O) groups is 2. The second-order valence-corrected chi connectivity index (χ2v) is 8.59. The van der Waals surface area contributed by atoms with E-state index in [0.717, 1.165) is 5.57 Å². The molecule has 2 N–H and O–H groups in total. The van der Waals surface area contributed by atoms with Gasteiger partial charge in [0.25, 0.3) is 0 Å². The Bertz CT molecular complexity index is 778. The predicted molar refractivity (Wildman–Crippen MR) is 101 cm³/mol. The van der Waals surface area contributed by atoms with E-state index in [2.05, 4.69) is 0 Å². The quantitative estimate of drug-likeness (QED) is 0.792. The van der Waals surface area contributed by atoms with Gasteiger partial charge in [-0.05, 0) is 56.0 Å². The summed E-state index contributed by atoms with van der Waals surface area (Å²) in [6.07, 6.45) is 2.56. The van der Waals surface area contributed by atoms with E-state index < -0.39 is 29.0 Å². The summed E-state index contributed by atoms with van der Waals surface area (Å²) in [7, 11) is 0. The molecule has 0 radical (unpaired) electrons. The minimum atomic E-state index is -1.07. The molecule has 3 rings (SSSR count). The van der Waals surface area contributed by atoms with Gasteiger partial charge in [-0.3, -0.25) is 4.79 Å². The molecule has 5 heteroatoms. The van der Waals surface area contributed by atoms with E-state index >= 15 is 0 Å². The molecule has 1 aromatic rings. The Labute approximate surface area is 160 Å². The Hall–Kier alpha value is -2.14. The zero-order valence-corrected chi connectivity index (χ0v) is 16.4. The third-order valence-corrected chi connectivity index (χ3v) is 6.47. The van der Waals surface area contributed by atoms with Crippen LogP contribution in [0, 0.1) is 17.3 Å². The van der Waals surface area contributed by atoms with Gasteiger partial charge in [0, 0.05) is 17.8 Å². The average Bonchev–Trinajstić information content (AvgIpc) is 2.83. The Morgan fingerprint density at radius 2 is 1.85 bits per heavy atom. The second-order valence-electron chi connectivity index (χ2n) is 8.59. The van der Waals surface area contributed by atoms with Crippen molar-refractivity contribution in [1.82, 2.24) is 0 Å². The molecular weight excluding hydrogens is 344 g/mol. The van der Waals surface area contributed by atoms with Crippen LogP contribution in [-0.2, 0) is 9.53 Å². The predicted octanol–water partition coefficient (Wildman–Crippen LogP) is 3.64. The summed E-state index contributed by atoms with van der Waals surface area (Å²) in [5.41, 5.74) is -0.637. The topological polar surface area (TPSA) is 83.8 Å². The number of ketones is 1. The van der Waals surface area contributed by atoms with Gasteiger partial charge in [0.15, 0.2) is 5.78 Å². The summed E-state index contributed by atoms with van der Waals surface area (Å²) < 4.78 is 5.87. The summed E-state index contributed by atoms with van der Waals surface area (Å²) >= 11 is 0. The third-order valence-electron chi connectivity index (χ3n) is 6.47. The molecule has 146 valence electrons. The molecule has 1 aromatic carbocycles. The highest BCUT2D eigenvalue weighted by Crippen LogP contribution is 2.56. The van der Waals surface area contributed by atoms with Gasteiger partial charge in [-0.1, -0.05) is 26.3 Å². The highest BCUT2D eigenvalue weighted by Gasteiger charge is 2.62. The van der Waals surface area contributed by atoms with Gasteiger partial charge < -0.3 is 14.9 Å². The van der Waals surface area contributed by atoms with Gasteiger partial charge in [0.2, 0.25) is 0 Å². The van der Waals surface area contributed by atoms with E-state index in [1.165, 1.54) is 24.3 Å². The van der Waals surface area contributed by atoms with Crippen molar-refractivity contribution in [3.05, 3.63) is 41.5 Å². The highest BCUT2D eigenvalue weighted by atomic mass is 16.5. The number of benzene rings is 1. The number of esters is 1. The summed E-state index contributed by atoms with van der Waals surface area (Å²) in [6, 6.07) is 5.88. The molecule has 1 fully saturated rings. The van der Waals surface area contributed by atoms with Gasteiger partial charge in [-0.2, -0.15) is 0 Å². The fourth-order valence-electron chi connectivity index (χ4n) is 4.77. The van der Waals surface area contributed by atoms with Crippen molar-refractivity contribution in [1.29, 1.82) is 0 Å². The minimum Gasteiger partial charge on any atom is -0.508 e. The molecule has 1 saturated carbocycles. The lowest BCUT2D eigenvalue weighted by Gasteiger charge is -2.42. The maximum Gasteiger partial charge on any atom is 0.338 e. The first-order chi connectivity index (χ1) is 12.6. The van der Waals surface area contributed by atoms with Crippen molar-refractivity contribution in [2.45, 2.75) is 58.7 Å². The third kappa shape index (κ3) is 3.29. The van der Waals surface area contributed by atoms with E-state index in [1.807, 2.05) is 27.7 Å². The fourth-order valence-corrected chi connectivity index (χ4v) is 4.77. The van der Waals surface area contributed by atoms with Crippen molar-refractivity contribution >= 4 is 11.8 Å². The Morgan fingerprint density at radius 1 is 1.22 bits per heavy atom. The molecule has 0 aromatic heterocycles. The molecule has 4 atom stereocenters. The monoisotopic (exact) mass is 372 g/mol. The number of carbonyl (C=O) groups excluding carboxylic acids is 2. The lowest BCUT2D eigenvalue weighted by molar-refractivity contribution is -0.140. The smallest absolute Gasteiger partial charge is 0.338 e. The first-order valence-corrected chi connectivity index (χ1v) is 9.52. The largest absolute Gasteiger partial charge is 0.508 e. The molecule has 0 aliphatic heterocycles. The molecule has 0 unspecified atom stereocenters. The second kappa shape index (κ2) is 6.79. The number of ether oxygens (including phenoxy) is 1. The number of fused-ring (bicyclic) bond motifs is 1. The average molecular weight is 372 g/mol. The Balaban J connectivity index is 1.98. The summed E-state index contributed by atoms with van der Waals surface area (Å²) in [5.74, 6) is -0.965. The molecule has 0 spiro atoms. The Kier molecular flexibility index (Phi) is 4.93. The minimum absolute atomic E-state index is 0.00441. The zero-order valence-electron chi connectivity index (χ0n) is 16.4. The van der Waals surface area contributed by atoms with Gasteiger partial charge in [-0.25, -0.2) is 4.79 Å². The number of allylic oxidation sites excluding steroid dienone is 1. The first-order valence-electron chi connectivity index (χ1n) is 9.52. The normalized spacial score (nSPS) is 33.4. The van der Waals surface area contributed by atoms with Crippen LogP contribution in [-0.4, -0.2) is 33.7 Å². The summed E-state index contributed by atoms with van der Waals surface area (Å²) in [5, 5.41) is 20.9. The lowest BCUT2D eigenvalue weighted by atomic mass is 9.67. The standard InChI is InChI=1S/C22H28O5/c1-13(2)22(26)10-9-21(4)18(24)12-14(3)11-17(19(21)22)27-20(25)15-5-7-16(23)8-6-15/h5-8,12-13,17,19,23,26H,9-11H2,1-4H3/t17-,19+,21+,22+/m0/s1. The van der Waals surface area contributed by atoms with Crippen molar-refractivity contribution in [3.63, 3.8) is 0 Å². The van der Waals surface area contributed by atoms with Crippen LogP contribution >= 0.6 is 0 Å². The van der Waals surface area contributed by atoms with E-state index in [9.17, 15) is 19.8 Å². The van der Waals surface area contributed by atoms with Crippen LogP contribution in [0.3, 0.4) is 0 Å². The zero-order chi connectivity index (χ0) is 20.0. The number of phenolic OH excluding ortho intramolecular Hbond substituents is 1. The lowest BCUT2D eigenvalue weighted by Crippen LogP contribution is -2.51. The number of phenols is 1. The highest BCUT2D eigenvalue weighted by molar-refractivity contribution is 5.96. The molecular formula is C22H28O5. The number of hydrogen-bond acceptors (Lipinski definition) is 5. The SMILES string of the molecule is CC1=CC(=O)[C@@]2(C)CC[C@@](O)(C(C)C)[C@@H]2[C@@H](OC(=O)c2ccc(O)cc2)C1. The first kappa shape index (κ1) is 19.6. The molecule has 0 bridgehead atoms. The van der Waals surface area contributed by atoms with Gasteiger partial charge in [-0.15, -0.1) is 0 Å². The van der Waals surface area contributed by atoms with Gasteiger partial charge in [0.05, 0.1) is 11.2 Å². The van der Waals surface area contributed by atoms with Crippen LogP contribution in [0.2, 0.25) is 0 Å². The molecule has 2 aliphatic rings. The van der Waals surface area contributed by atoms with Gasteiger partial charge in [0.1, 0.15) is 11.9 Å². The number of aliphatic hydroxyl groups is 1. The molecule has 0 heterocycles. The summed E-state index contributed by atoms with van der Waals surface area (Å²) in [4.78, 5) is 25.6. The van der Waals surface area contributed by atoms with Crippen LogP contribution in [0.25, 0.3) is 0 Å². The van der Waals surface area contributed by atoms with Crippen LogP contribution in [0.1, 0.15) is 57.3 Å². The fraction of sp³-hybridized carbons (Fsp3) is 0.545. The van der Waals surface area contributed by atoms with Crippen LogP contribution in [0.5, 0.6) is 5.75 Å². The number of aromatic hydroxyl groups is 1. The van der Waals surface area contributed by atoms with Gasteiger partial charge >= 0.3 is 5.97 Å². The number of rotatable bonds is 3. The molecule has 2 aliphatic carbocycles. The van der Waals surface area contributed by atoms with Crippen molar-refractivity contribution in [2.75, 3.05) is 0 Å². The maximum absolute atomic E-state index is 12.9.